The van der Waals surface area contributed by atoms with Crippen molar-refractivity contribution in [1.29, 1.82) is 0 Å². The van der Waals surface area contributed by atoms with Crippen molar-refractivity contribution in [2.75, 3.05) is 24.6 Å². The fourth-order valence-corrected chi connectivity index (χ4v) is 2.65. The van der Waals surface area contributed by atoms with Crippen LogP contribution in [0.4, 0.5) is 10.1 Å². The van der Waals surface area contributed by atoms with Crippen LogP contribution in [0, 0.1) is 18.7 Å². The molecule has 0 spiro atoms. The fourth-order valence-electron chi connectivity index (χ4n) is 2.65. The van der Waals surface area contributed by atoms with Gasteiger partial charge in [-0.2, -0.15) is 0 Å². The molecule has 3 nitrogen and oxygen atoms in total. The number of aliphatic hydroxyl groups excluding tert-OH is 2. The lowest BCUT2D eigenvalue weighted by Crippen LogP contribution is -2.35. The monoisotopic (exact) mass is 267 g/mol. The van der Waals surface area contributed by atoms with E-state index in [1.54, 1.807) is 13.8 Å². The Morgan fingerprint density at radius 1 is 1.37 bits per heavy atom. The van der Waals surface area contributed by atoms with E-state index in [1.165, 1.54) is 6.07 Å². The summed E-state index contributed by atoms with van der Waals surface area (Å²) in [4.78, 5) is 2.18. The summed E-state index contributed by atoms with van der Waals surface area (Å²) in [6, 6.07) is 3.25. The molecule has 1 aromatic rings. The maximum Gasteiger partial charge on any atom is 0.126 e. The number of benzene rings is 1. The Balaban J connectivity index is 2.26. The minimum absolute atomic E-state index is 0.236. The van der Waals surface area contributed by atoms with Crippen LogP contribution in [0.5, 0.6) is 0 Å². The quantitative estimate of drug-likeness (QED) is 0.884. The normalized spacial score (nSPS) is 18.7. The molecule has 2 rings (SSSR count). The van der Waals surface area contributed by atoms with Crippen LogP contribution in [-0.2, 0) is 0 Å². The number of hydrogen-bond acceptors (Lipinski definition) is 3. The van der Waals surface area contributed by atoms with Gasteiger partial charge in [0.2, 0.25) is 0 Å². The molecule has 1 saturated heterocycles. The Kier molecular flexibility index (Phi) is 4.42. The molecule has 1 heterocycles. The van der Waals surface area contributed by atoms with Gasteiger partial charge < -0.3 is 15.1 Å². The van der Waals surface area contributed by atoms with E-state index in [-0.39, 0.29) is 12.4 Å². The van der Waals surface area contributed by atoms with Gasteiger partial charge in [-0.05, 0) is 50.3 Å². The first-order chi connectivity index (χ1) is 9.02. The molecule has 19 heavy (non-hydrogen) atoms. The molecule has 1 aliphatic heterocycles. The summed E-state index contributed by atoms with van der Waals surface area (Å²) in [5.74, 6) is 0.0951. The van der Waals surface area contributed by atoms with E-state index >= 15 is 0 Å². The van der Waals surface area contributed by atoms with Crippen molar-refractivity contribution in [3.63, 3.8) is 0 Å². The van der Waals surface area contributed by atoms with Crippen LogP contribution < -0.4 is 4.90 Å². The summed E-state index contributed by atoms with van der Waals surface area (Å²) in [7, 11) is 0. The number of piperidine rings is 1. The molecule has 1 fully saturated rings. The summed E-state index contributed by atoms with van der Waals surface area (Å²) >= 11 is 0. The summed E-state index contributed by atoms with van der Waals surface area (Å²) in [6.45, 7) is 5.32. The molecule has 1 unspecified atom stereocenters. The van der Waals surface area contributed by atoms with Gasteiger partial charge in [0.1, 0.15) is 5.82 Å². The van der Waals surface area contributed by atoms with Crippen LogP contribution in [-0.4, -0.2) is 29.9 Å². The second-order valence-corrected chi connectivity index (χ2v) is 5.45. The number of halogens is 1. The summed E-state index contributed by atoms with van der Waals surface area (Å²) in [6.07, 6.45) is 1.19. The third kappa shape index (κ3) is 3.07. The predicted molar refractivity (Wildman–Crippen MR) is 73.8 cm³/mol. The van der Waals surface area contributed by atoms with Gasteiger partial charge in [-0.1, -0.05) is 0 Å². The third-order valence-corrected chi connectivity index (χ3v) is 3.97. The van der Waals surface area contributed by atoms with Gasteiger partial charge in [0, 0.05) is 30.9 Å². The lowest BCUT2D eigenvalue weighted by atomic mass is 9.95. The van der Waals surface area contributed by atoms with Crippen molar-refractivity contribution in [2.45, 2.75) is 32.8 Å². The van der Waals surface area contributed by atoms with Gasteiger partial charge in [0.05, 0.1) is 6.10 Å². The molecule has 106 valence electrons. The first-order valence-corrected chi connectivity index (χ1v) is 6.86. The highest BCUT2D eigenvalue weighted by Crippen LogP contribution is 2.32. The smallest absolute Gasteiger partial charge is 0.126 e. The second kappa shape index (κ2) is 5.88. The van der Waals surface area contributed by atoms with Gasteiger partial charge in [-0.15, -0.1) is 0 Å². The van der Waals surface area contributed by atoms with Crippen LogP contribution in [0.1, 0.15) is 37.0 Å². The Morgan fingerprint density at radius 2 is 2.00 bits per heavy atom. The molecule has 1 aliphatic rings. The lowest BCUT2D eigenvalue weighted by molar-refractivity contribution is 0.195. The highest BCUT2D eigenvalue weighted by molar-refractivity contribution is 5.57. The van der Waals surface area contributed by atoms with Crippen molar-refractivity contribution in [2.24, 2.45) is 5.92 Å². The Bertz CT molecular complexity index is 440. The topological polar surface area (TPSA) is 43.7 Å². The molecule has 0 aliphatic carbocycles. The number of anilines is 1. The van der Waals surface area contributed by atoms with Crippen LogP contribution in [0.3, 0.4) is 0 Å². The zero-order valence-electron chi connectivity index (χ0n) is 11.6. The summed E-state index contributed by atoms with van der Waals surface area (Å²) in [5.41, 5.74) is 2.17. The fraction of sp³-hybridized carbons (Fsp3) is 0.600. The Hall–Kier alpha value is -1.13. The maximum absolute atomic E-state index is 13.6. The van der Waals surface area contributed by atoms with Crippen LogP contribution >= 0.6 is 0 Å². The minimum atomic E-state index is -0.680. The van der Waals surface area contributed by atoms with Crippen molar-refractivity contribution < 1.29 is 14.6 Å². The number of aryl methyl sites for hydroxylation is 1. The van der Waals surface area contributed by atoms with Crippen molar-refractivity contribution in [1.82, 2.24) is 0 Å². The van der Waals surface area contributed by atoms with E-state index in [4.69, 9.17) is 5.11 Å². The molecule has 0 saturated carbocycles. The van der Waals surface area contributed by atoms with E-state index < -0.39 is 6.10 Å². The van der Waals surface area contributed by atoms with Gasteiger partial charge in [-0.25, -0.2) is 4.39 Å². The average molecular weight is 267 g/mol. The molecule has 1 aromatic carbocycles. The van der Waals surface area contributed by atoms with E-state index in [1.807, 2.05) is 6.07 Å². The van der Waals surface area contributed by atoms with E-state index in [2.05, 4.69) is 4.90 Å². The van der Waals surface area contributed by atoms with Crippen LogP contribution in [0.25, 0.3) is 0 Å². The van der Waals surface area contributed by atoms with Crippen LogP contribution in [0.15, 0.2) is 12.1 Å². The van der Waals surface area contributed by atoms with Gasteiger partial charge in [-0.3, -0.25) is 0 Å². The van der Waals surface area contributed by atoms with Gasteiger partial charge in [0.15, 0.2) is 0 Å². The highest BCUT2D eigenvalue weighted by atomic mass is 19.1. The first kappa shape index (κ1) is 14.3. The summed E-state index contributed by atoms with van der Waals surface area (Å²) < 4.78 is 13.6. The molecule has 0 radical (unpaired) electrons. The number of rotatable bonds is 3. The number of nitrogens with zero attached hydrogens (tertiary/aromatic N) is 1. The predicted octanol–water partition coefficient (Wildman–Crippen LogP) is 2.40. The van der Waals surface area contributed by atoms with E-state index in [0.29, 0.717) is 17.0 Å². The van der Waals surface area contributed by atoms with E-state index in [0.717, 1.165) is 31.6 Å². The molecule has 4 heteroatoms. The standard InChI is InChI=1S/C15H22FNO2/c1-10-7-15(13(11(2)19)8-14(10)16)17-5-3-12(9-18)4-6-17/h7-8,11-12,18-19H,3-6,9H2,1-2H3. The number of hydrogen-bond donors (Lipinski definition) is 2. The van der Waals surface area contributed by atoms with Gasteiger partial charge >= 0.3 is 0 Å². The average Bonchev–Trinajstić information content (AvgIpc) is 2.41. The van der Waals surface area contributed by atoms with Crippen molar-refractivity contribution >= 4 is 5.69 Å². The van der Waals surface area contributed by atoms with E-state index in [9.17, 15) is 9.50 Å². The third-order valence-electron chi connectivity index (χ3n) is 3.97. The first-order valence-electron chi connectivity index (χ1n) is 6.86. The number of aliphatic hydroxyl groups is 2. The minimum Gasteiger partial charge on any atom is -0.396 e. The lowest BCUT2D eigenvalue weighted by Gasteiger charge is -2.34. The molecule has 0 bridgehead atoms. The Morgan fingerprint density at radius 3 is 2.53 bits per heavy atom. The second-order valence-electron chi connectivity index (χ2n) is 5.45. The molecule has 1 atom stereocenters. The zero-order valence-corrected chi connectivity index (χ0v) is 11.6. The molecular formula is C15H22FNO2. The van der Waals surface area contributed by atoms with Gasteiger partial charge in [0.25, 0.3) is 0 Å². The SMILES string of the molecule is Cc1cc(N2CCC(CO)CC2)c(C(C)O)cc1F. The molecular weight excluding hydrogens is 245 g/mol. The molecule has 0 aromatic heterocycles. The molecule has 0 amide bonds. The van der Waals surface area contributed by atoms with Crippen molar-refractivity contribution in [3.05, 3.63) is 29.1 Å². The molecule has 2 N–H and O–H groups in total. The summed E-state index contributed by atoms with van der Waals surface area (Å²) in [5, 5.41) is 19.0. The highest BCUT2D eigenvalue weighted by Gasteiger charge is 2.22. The maximum atomic E-state index is 13.6. The van der Waals surface area contributed by atoms with Crippen molar-refractivity contribution in [3.8, 4) is 0 Å². The largest absolute Gasteiger partial charge is 0.396 e. The van der Waals surface area contributed by atoms with Crippen LogP contribution in [0.2, 0.25) is 0 Å². The Labute approximate surface area is 113 Å². The zero-order chi connectivity index (χ0) is 14.0.